The van der Waals surface area contributed by atoms with Crippen LogP contribution in [0.2, 0.25) is 0 Å². The highest BCUT2D eigenvalue weighted by Gasteiger charge is 2.26. The lowest BCUT2D eigenvalue weighted by atomic mass is 9.89. The zero-order valence-corrected chi connectivity index (χ0v) is 46.2. The minimum Gasteiger partial charge on any atom is -0.309 e. The first kappa shape index (κ1) is 49.9. The van der Waals surface area contributed by atoms with Crippen molar-refractivity contribution in [3.05, 3.63) is 340 Å². The molecular weight excluding hydrogens is 1010 g/mol. The minimum absolute atomic E-state index is 1.08. The van der Waals surface area contributed by atoms with Crippen molar-refractivity contribution in [2.24, 2.45) is 0 Å². The Morgan fingerprint density at radius 1 is 0.143 bits per heavy atom. The summed E-state index contributed by atoms with van der Waals surface area (Å²) in [5, 5.41) is 9.69. The van der Waals surface area contributed by atoms with Gasteiger partial charge in [-0.3, -0.25) is 0 Å². The molecule has 0 radical (unpaired) electrons. The summed E-state index contributed by atoms with van der Waals surface area (Å²) in [5.41, 5.74) is 20.7. The van der Waals surface area contributed by atoms with E-state index in [0.29, 0.717) is 0 Å². The van der Waals surface area contributed by atoms with Crippen molar-refractivity contribution in [1.82, 2.24) is 0 Å². The molecule has 0 saturated heterocycles. The fourth-order valence-corrected chi connectivity index (χ4v) is 12.7. The van der Waals surface area contributed by atoms with Crippen LogP contribution in [0.4, 0.5) is 34.1 Å². The Bertz CT molecular complexity index is 4850. The van der Waals surface area contributed by atoms with Crippen LogP contribution in [0.15, 0.2) is 340 Å². The number of hydrogen-bond donors (Lipinski definition) is 0. The van der Waals surface area contributed by atoms with Gasteiger partial charge in [0.25, 0.3) is 0 Å². The highest BCUT2D eigenvalue weighted by Crippen LogP contribution is 2.52. The van der Waals surface area contributed by atoms with E-state index < -0.39 is 0 Å². The molecule has 0 saturated carbocycles. The predicted molar refractivity (Wildman–Crippen MR) is 358 cm³/mol. The van der Waals surface area contributed by atoms with E-state index in [1.165, 1.54) is 76.5 Å². The summed E-state index contributed by atoms with van der Waals surface area (Å²) < 4.78 is 0. The van der Waals surface area contributed by atoms with Gasteiger partial charge >= 0.3 is 0 Å². The number of hydrogen-bond acceptors (Lipinski definition) is 2. The molecule has 0 fully saturated rings. The van der Waals surface area contributed by atoms with Gasteiger partial charge in [0, 0.05) is 44.6 Å². The SMILES string of the molecule is c1ccc(-c2ccc(-c3c(N(c4ccccc4)c4cccc(-c5cccc(-c6ccc(-c7c(N(c8ccccc8)c8ccc(-c9ccccc9)cc8)c8ccccc8c8ccccc78)cc6)c5)c4)c4ccccc4c4ccccc34)cc2)cc1. The molecule has 2 heteroatoms. The second-order valence-electron chi connectivity index (χ2n) is 21.5. The molecule has 0 aromatic heterocycles. The van der Waals surface area contributed by atoms with Crippen LogP contribution in [0.25, 0.3) is 110 Å². The molecule has 0 aliphatic carbocycles. The zero-order chi connectivity index (χ0) is 55.8. The molecular formula is C82H56N2. The van der Waals surface area contributed by atoms with Gasteiger partial charge in [-0.2, -0.15) is 0 Å². The molecule has 0 atom stereocenters. The molecule has 0 amide bonds. The summed E-state index contributed by atoms with van der Waals surface area (Å²) in [4.78, 5) is 4.93. The molecule has 0 unspecified atom stereocenters. The highest BCUT2D eigenvalue weighted by atomic mass is 15.2. The van der Waals surface area contributed by atoms with Gasteiger partial charge < -0.3 is 9.80 Å². The summed E-state index contributed by atoms with van der Waals surface area (Å²) in [6.45, 7) is 0. The first-order valence-corrected chi connectivity index (χ1v) is 28.9. The van der Waals surface area contributed by atoms with Crippen molar-refractivity contribution in [2.75, 3.05) is 9.80 Å². The maximum absolute atomic E-state index is 2.48. The van der Waals surface area contributed by atoms with Crippen LogP contribution in [0.3, 0.4) is 0 Å². The average molecular weight is 1070 g/mol. The minimum atomic E-state index is 1.08. The van der Waals surface area contributed by atoms with Crippen LogP contribution in [-0.2, 0) is 0 Å². The van der Waals surface area contributed by atoms with Gasteiger partial charge in [-0.25, -0.2) is 0 Å². The first-order valence-electron chi connectivity index (χ1n) is 28.9. The normalized spacial score (nSPS) is 11.3. The fourth-order valence-electron chi connectivity index (χ4n) is 12.7. The van der Waals surface area contributed by atoms with Crippen molar-refractivity contribution in [2.45, 2.75) is 0 Å². The molecule has 0 N–H and O–H groups in total. The van der Waals surface area contributed by atoms with Crippen LogP contribution in [0.1, 0.15) is 0 Å². The van der Waals surface area contributed by atoms with E-state index in [1.54, 1.807) is 0 Å². The Morgan fingerprint density at radius 2 is 0.393 bits per heavy atom. The van der Waals surface area contributed by atoms with E-state index in [4.69, 9.17) is 0 Å². The summed E-state index contributed by atoms with van der Waals surface area (Å²) in [7, 11) is 0. The summed E-state index contributed by atoms with van der Waals surface area (Å²) in [6, 6.07) is 124. The monoisotopic (exact) mass is 1070 g/mol. The molecule has 15 aromatic carbocycles. The lowest BCUT2D eigenvalue weighted by molar-refractivity contribution is 1.30. The number of nitrogens with zero attached hydrogens (tertiary/aromatic N) is 2. The van der Waals surface area contributed by atoms with E-state index in [-0.39, 0.29) is 0 Å². The van der Waals surface area contributed by atoms with Crippen LogP contribution in [-0.4, -0.2) is 0 Å². The number of anilines is 6. The van der Waals surface area contributed by atoms with Gasteiger partial charge in [0.15, 0.2) is 0 Å². The molecule has 2 nitrogen and oxygen atoms in total. The lowest BCUT2D eigenvalue weighted by Gasteiger charge is -2.31. The molecule has 0 aliphatic heterocycles. The summed E-state index contributed by atoms with van der Waals surface area (Å²) in [5.74, 6) is 0. The second kappa shape index (κ2) is 21.8. The Morgan fingerprint density at radius 3 is 0.833 bits per heavy atom. The van der Waals surface area contributed by atoms with Crippen molar-refractivity contribution in [3.63, 3.8) is 0 Å². The average Bonchev–Trinajstić information content (AvgIpc) is 2.39. The van der Waals surface area contributed by atoms with Gasteiger partial charge in [-0.05, 0) is 143 Å². The Hall–Kier alpha value is -11.1. The smallest absolute Gasteiger partial charge is 0.0624 e. The molecule has 0 spiro atoms. The molecule has 15 rings (SSSR count). The van der Waals surface area contributed by atoms with Gasteiger partial charge in [0.05, 0.1) is 11.4 Å². The van der Waals surface area contributed by atoms with Crippen molar-refractivity contribution < 1.29 is 0 Å². The molecule has 394 valence electrons. The summed E-state index contributed by atoms with van der Waals surface area (Å²) in [6.07, 6.45) is 0. The highest BCUT2D eigenvalue weighted by molar-refractivity contribution is 6.24. The fraction of sp³-hybridized carbons (Fsp3) is 0. The predicted octanol–water partition coefficient (Wildman–Crippen LogP) is 23.2. The van der Waals surface area contributed by atoms with Crippen LogP contribution < -0.4 is 9.80 Å². The number of para-hydroxylation sites is 2. The van der Waals surface area contributed by atoms with E-state index in [0.717, 1.165) is 67.5 Å². The van der Waals surface area contributed by atoms with E-state index in [2.05, 4.69) is 350 Å². The standard InChI is InChI=1S/C82H56N2/c1-5-23-57(24-6-1)59-43-47-62(48-44-59)80-76-40-18-14-36-72(76)74-38-16-20-42-78(74)82(80)84(68-32-11-4-12-33-68)70-34-22-29-66(56-70)65-28-21-27-64(55-65)61-45-49-63(50-46-61)79-75-39-17-13-35-71(75)73-37-15-19-41-77(73)81(79)83(67-30-9-3-10-31-67)69-53-51-60(52-54-69)58-25-7-2-8-26-58/h1-56H. The van der Waals surface area contributed by atoms with Crippen molar-refractivity contribution >= 4 is 77.2 Å². The quantitative estimate of drug-likeness (QED) is 0.113. The number of fused-ring (bicyclic) bond motifs is 6. The maximum Gasteiger partial charge on any atom is 0.0624 e. The first-order chi connectivity index (χ1) is 41.7. The van der Waals surface area contributed by atoms with Gasteiger partial charge in [0.1, 0.15) is 0 Å². The molecule has 0 bridgehead atoms. The maximum atomic E-state index is 2.48. The lowest BCUT2D eigenvalue weighted by Crippen LogP contribution is -2.12. The third-order valence-corrected chi connectivity index (χ3v) is 16.6. The third kappa shape index (κ3) is 9.13. The van der Waals surface area contributed by atoms with Gasteiger partial charge in [-0.15, -0.1) is 0 Å². The topological polar surface area (TPSA) is 6.48 Å². The van der Waals surface area contributed by atoms with Crippen molar-refractivity contribution in [1.29, 1.82) is 0 Å². The van der Waals surface area contributed by atoms with E-state index >= 15 is 0 Å². The van der Waals surface area contributed by atoms with Crippen LogP contribution in [0, 0.1) is 0 Å². The molecule has 0 heterocycles. The molecule has 15 aromatic rings. The van der Waals surface area contributed by atoms with Crippen LogP contribution in [0.5, 0.6) is 0 Å². The molecule has 84 heavy (non-hydrogen) atoms. The number of benzene rings is 15. The van der Waals surface area contributed by atoms with Crippen molar-refractivity contribution in [3.8, 4) is 66.8 Å². The van der Waals surface area contributed by atoms with Crippen LogP contribution >= 0.6 is 0 Å². The Kier molecular flexibility index (Phi) is 12.9. The van der Waals surface area contributed by atoms with E-state index in [1.807, 2.05) is 0 Å². The Labute approximate surface area is 490 Å². The number of rotatable bonds is 12. The zero-order valence-electron chi connectivity index (χ0n) is 46.2. The Balaban J connectivity index is 0.844. The van der Waals surface area contributed by atoms with Gasteiger partial charge in [-0.1, -0.05) is 285 Å². The van der Waals surface area contributed by atoms with E-state index in [9.17, 15) is 0 Å². The summed E-state index contributed by atoms with van der Waals surface area (Å²) >= 11 is 0. The molecule has 0 aliphatic rings. The second-order valence-corrected chi connectivity index (χ2v) is 21.5. The third-order valence-electron chi connectivity index (χ3n) is 16.6. The van der Waals surface area contributed by atoms with Gasteiger partial charge in [0.2, 0.25) is 0 Å². The largest absolute Gasteiger partial charge is 0.309 e.